The molecule has 8 heteroatoms. The second-order valence-corrected chi connectivity index (χ2v) is 5.21. The van der Waals surface area contributed by atoms with Crippen LogP contribution in [0.4, 0.5) is 11.6 Å². The van der Waals surface area contributed by atoms with E-state index in [-0.39, 0.29) is 5.91 Å². The van der Waals surface area contributed by atoms with Gasteiger partial charge in [-0.1, -0.05) is 0 Å². The van der Waals surface area contributed by atoms with Crippen LogP contribution in [0.3, 0.4) is 0 Å². The van der Waals surface area contributed by atoms with Crippen molar-refractivity contribution in [3.8, 4) is 6.07 Å². The zero-order valence-corrected chi connectivity index (χ0v) is 12.7. The van der Waals surface area contributed by atoms with Gasteiger partial charge in [0, 0.05) is 25.5 Å². The minimum Gasteiger partial charge on any atom is -0.378 e. The number of pyridine rings is 1. The molecule has 0 bridgehead atoms. The lowest BCUT2D eigenvalue weighted by molar-refractivity contribution is 0.102. The molecule has 23 heavy (non-hydrogen) atoms. The molecule has 1 saturated heterocycles. The number of H-pyrrole nitrogens is 1. The number of aromatic amines is 1. The van der Waals surface area contributed by atoms with Crippen LogP contribution in [-0.4, -0.2) is 47.4 Å². The van der Waals surface area contributed by atoms with Gasteiger partial charge in [-0.25, -0.2) is 0 Å². The number of rotatable bonds is 3. The molecule has 2 aromatic heterocycles. The molecule has 1 fully saturated rings. The second kappa shape index (κ2) is 6.46. The SMILES string of the molecule is Cc1cncc(C(=O)Nc2[nH]nc(N3CCOCC3)c2C#N)c1. The Hall–Kier alpha value is -2.92. The zero-order chi connectivity index (χ0) is 16.2. The Labute approximate surface area is 133 Å². The minimum atomic E-state index is -0.338. The van der Waals surface area contributed by atoms with E-state index in [1.165, 1.54) is 6.20 Å². The van der Waals surface area contributed by atoms with Crippen molar-refractivity contribution in [3.05, 3.63) is 35.2 Å². The highest BCUT2D eigenvalue weighted by Crippen LogP contribution is 2.24. The number of nitrogens with one attached hydrogen (secondary N) is 2. The van der Waals surface area contributed by atoms with Gasteiger partial charge in [0.2, 0.25) is 0 Å². The Bertz CT molecular complexity index is 758. The Morgan fingerprint density at radius 3 is 2.91 bits per heavy atom. The van der Waals surface area contributed by atoms with Crippen molar-refractivity contribution >= 4 is 17.5 Å². The molecule has 8 nitrogen and oxygen atoms in total. The van der Waals surface area contributed by atoms with Crippen molar-refractivity contribution in [1.29, 1.82) is 5.26 Å². The highest BCUT2D eigenvalue weighted by atomic mass is 16.5. The maximum Gasteiger partial charge on any atom is 0.258 e. The predicted octanol–water partition coefficient (Wildman–Crippen LogP) is 1.07. The van der Waals surface area contributed by atoms with Crippen LogP contribution in [0.15, 0.2) is 18.5 Å². The van der Waals surface area contributed by atoms with E-state index in [2.05, 4.69) is 26.6 Å². The molecule has 0 aromatic carbocycles. The number of nitriles is 1. The van der Waals surface area contributed by atoms with Gasteiger partial charge in [0.05, 0.1) is 18.8 Å². The normalized spacial score (nSPS) is 14.3. The van der Waals surface area contributed by atoms with E-state index in [1.807, 2.05) is 11.8 Å². The fourth-order valence-corrected chi connectivity index (χ4v) is 2.40. The van der Waals surface area contributed by atoms with Crippen LogP contribution in [0.25, 0.3) is 0 Å². The quantitative estimate of drug-likeness (QED) is 0.878. The average molecular weight is 312 g/mol. The standard InChI is InChI=1S/C15H16N6O2/c1-10-6-11(9-17-8-10)15(22)18-13-12(7-16)14(20-19-13)21-2-4-23-5-3-21/h6,8-9H,2-5H2,1H3,(H2,18,19,20,22). The highest BCUT2D eigenvalue weighted by Gasteiger charge is 2.22. The number of ether oxygens (including phenoxy) is 1. The number of carbonyl (C=O) groups is 1. The molecule has 2 N–H and O–H groups in total. The molecular weight excluding hydrogens is 296 g/mol. The van der Waals surface area contributed by atoms with Crippen molar-refractivity contribution in [2.75, 3.05) is 36.5 Å². The average Bonchev–Trinajstić information content (AvgIpc) is 2.98. The van der Waals surface area contributed by atoms with Crippen LogP contribution in [0.2, 0.25) is 0 Å². The third kappa shape index (κ3) is 3.14. The third-order valence-electron chi connectivity index (χ3n) is 3.55. The lowest BCUT2D eigenvalue weighted by Gasteiger charge is -2.26. The van der Waals surface area contributed by atoms with Crippen LogP contribution >= 0.6 is 0 Å². The Morgan fingerprint density at radius 2 is 2.22 bits per heavy atom. The van der Waals surface area contributed by atoms with Gasteiger partial charge >= 0.3 is 0 Å². The third-order valence-corrected chi connectivity index (χ3v) is 3.55. The predicted molar refractivity (Wildman–Crippen MR) is 83.3 cm³/mol. The molecule has 0 spiro atoms. The molecule has 3 rings (SSSR count). The van der Waals surface area contributed by atoms with Crippen LogP contribution in [0.1, 0.15) is 21.5 Å². The lowest BCUT2D eigenvalue weighted by atomic mass is 10.2. The van der Waals surface area contributed by atoms with Gasteiger partial charge in [0.15, 0.2) is 5.82 Å². The smallest absolute Gasteiger partial charge is 0.258 e. The van der Waals surface area contributed by atoms with Crippen LogP contribution in [0.5, 0.6) is 0 Å². The van der Waals surface area contributed by atoms with E-state index in [9.17, 15) is 10.1 Å². The van der Waals surface area contributed by atoms with Gasteiger partial charge in [0.25, 0.3) is 5.91 Å². The fraction of sp³-hybridized carbons (Fsp3) is 0.333. The summed E-state index contributed by atoms with van der Waals surface area (Å²) in [4.78, 5) is 18.2. The van der Waals surface area contributed by atoms with Gasteiger partial charge in [-0.15, -0.1) is 0 Å². The van der Waals surface area contributed by atoms with Gasteiger partial charge in [-0.05, 0) is 18.6 Å². The summed E-state index contributed by atoms with van der Waals surface area (Å²) in [7, 11) is 0. The topological polar surface area (TPSA) is 107 Å². The Kier molecular flexibility index (Phi) is 4.21. The summed E-state index contributed by atoms with van der Waals surface area (Å²) in [6.07, 6.45) is 3.15. The first-order chi connectivity index (χ1) is 11.2. The summed E-state index contributed by atoms with van der Waals surface area (Å²) < 4.78 is 5.30. The van der Waals surface area contributed by atoms with Crippen molar-refractivity contribution in [2.24, 2.45) is 0 Å². The fourth-order valence-electron chi connectivity index (χ4n) is 2.40. The second-order valence-electron chi connectivity index (χ2n) is 5.21. The molecule has 118 valence electrons. The molecule has 1 aliphatic rings. The van der Waals surface area contributed by atoms with Crippen LogP contribution in [-0.2, 0) is 4.74 Å². The molecule has 0 unspecified atom stereocenters. The number of amides is 1. The van der Waals surface area contributed by atoms with Crippen LogP contribution < -0.4 is 10.2 Å². The summed E-state index contributed by atoms with van der Waals surface area (Å²) in [5.41, 5.74) is 1.63. The van der Waals surface area contributed by atoms with Gasteiger partial charge in [0.1, 0.15) is 17.5 Å². The Balaban J connectivity index is 1.82. The summed E-state index contributed by atoms with van der Waals surface area (Å²) in [6, 6.07) is 3.83. The Morgan fingerprint density at radius 1 is 1.43 bits per heavy atom. The van der Waals surface area contributed by atoms with E-state index in [1.54, 1.807) is 12.3 Å². The van der Waals surface area contributed by atoms with Crippen LogP contribution in [0, 0.1) is 18.3 Å². The van der Waals surface area contributed by atoms with Crippen molar-refractivity contribution in [1.82, 2.24) is 15.2 Å². The first kappa shape index (κ1) is 15.0. The van der Waals surface area contributed by atoms with E-state index < -0.39 is 0 Å². The van der Waals surface area contributed by atoms with E-state index in [0.717, 1.165) is 5.56 Å². The number of aromatic nitrogens is 3. The lowest BCUT2D eigenvalue weighted by Crippen LogP contribution is -2.36. The number of anilines is 2. The van der Waals surface area contributed by atoms with E-state index in [0.29, 0.717) is 49.1 Å². The van der Waals surface area contributed by atoms with Gasteiger partial charge < -0.3 is 15.0 Å². The minimum absolute atomic E-state index is 0.292. The number of carbonyl (C=O) groups excluding carboxylic acids is 1. The van der Waals surface area contributed by atoms with E-state index >= 15 is 0 Å². The summed E-state index contributed by atoms with van der Waals surface area (Å²) in [5, 5.41) is 19.0. The molecule has 1 amide bonds. The summed E-state index contributed by atoms with van der Waals surface area (Å²) in [5.74, 6) is 0.490. The molecule has 0 saturated carbocycles. The largest absolute Gasteiger partial charge is 0.378 e. The zero-order valence-electron chi connectivity index (χ0n) is 12.7. The van der Waals surface area contributed by atoms with Gasteiger partial charge in [-0.2, -0.15) is 10.4 Å². The molecule has 0 atom stereocenters. The number of nitrogens with zero attached hydrogens (tertiary/aromatic N) is 4. The van der Waals surface area contributed by atoms with Crippen molar-refractivity contribution in [3.63, 3.8) is 0 Å². The molecule has 0 radical (unpaired) electrons. The number of hydrogen-bond donors (Lipinski definition) is 2. The molecular formula is C15H16N6O2. The number of aryl methyl sites for hydroxylation is 1. The molecule has 1 aliphatic heterocycles. The maximum absolute atomic E-state index is 12.3. The number of hydrogen-bond acceptors (Lipinski definition) is 6. The highest BCUT2D eigenvalue weighted by molar-refractivity contribution is 6.04. The van der Waals surface area contributed by atoms with Gasteiger partial charge in [-0.3, -0.25) is 14.9 Å². The number of morpholine rings is 1. The van der Waals surface area contributed by atoms with Crippen molar-refractivity contribution in [2.45, 2.75) is 6.92 Å². The molecule has 2 aromatic rings. The van der Waals surface area contributed by atoms with E-state index in [4.69, 9.17) is 4.74 Å². The first-order valence-electron chi connectivity index (χ1n) is 7.23. The molecule has 0 aliphatic carbocycles. The monoisotopic (exact) mass is 312 g/mol. The van der Waals surface area contributed by atoms with Crippen molar-refractivity contribution < 1.29 is 9.53 Å². The summed E-state index contributed by atoms with van der Waals surface area (Å²) >= 11 is 0. The first-order valence-corrected chi connectivity index (χ1v) is 7.23. The maximum atomic E-state index is 12.3. The summed E-state index contributed by atoms with van der Waals surface area (Å²) in [6.45, 7) is 4.36. The molecule has 3 heterocycles.